The first-order chi connectivity index (χ1) is 15.3. The van der Waals surface area contributed by atoms with E-state index >= 15 is 0 Å². The maximum atomic E-state index is 14.7. The highest BCUT2D eigenvalue weighted by atomic mass is 35.5. The molecule has 35 heavy (non-hydrogen) atoms. The van der Waals surface area contributed by atoms with Crippen molar-refractivity contribution in [1.82, 2.24) is 15.1 Å². The van der Waals surface area contributed by atoms with Gasteiger partial charge in [-0.25, -0.2) is 13.2 Å². The van der Waals surface area contributed by atoms with E-state index in [0.29, 0.717) is 18.7 Å². The largest absolute Gasteiger partial charge is 0.508 e. The summed E-state index contributed by atoms with van der Waals surface area (Å²) in [5, 5.41) is 13.8. The second-order valence-corrected chi connectivity index (χ2v) is 9.31. The Morgan fingerprint density at radius 3 is 2.17 bits per heavy atom. The Morgan fingerprint density at radius 1 is 0.914 bits per heavy atom. The zero-order valence-corrected chi connectivity index (χ0v) is 22.3. The van der Waals surface area contributed by atoms with Crippen molar-refractivity contribution in [2.75, 3.05) is 33.2 Å². The van der Waals surface area contributed by atoms with Gasteiger partial charge in [-0.2, -0.15) is 0 Å². The third-order valence-corrected chi connectivity index (χ3v) is 6.99. The van der Waals surface area contributed by atoms with Crippen LogP contribution in [0.4, 0.5) is 13.2 Å². The molecule has 4 nitrogen and oxygen atoms in total. The van der Waals surface area contributed by atoms with Crippen LogP contribution < -0.4 is 5.32 Å². The zero-order valence-electron chi connectivity index (χ0n) is 19.8. The first-order valence-electron chi connectivity index (χ1n) is 11.4. The number of benzene rings is 2. The summed E-state index contributed by atoms with van der Waals surface area (Å²) in [6.07, 6.45) is -0.183. The lowest BCUT2D eigenvalue weighted by atomic mass is 9.75. The third-order valence-electron chi connectivity index (χ3n) is 6.99. The van der Waals surface area contributed by atoms with Crippen LogP contribution in [0.1, 0.15) is 42.4 Å². The average Bonchev–Trinajstić information content (AvgIpc) is 2.77. The van der Waals surface area contributed by atoms with Gasteiger partial charge in [0.05, 0.1) is 0 Å². The molecule has 1 aliphatic carbocycles. The fourth-order valence-corrected chi connectivity index (χ4v) is 4.83. The van der Waals surface area contributed by atoms with Crippen LogP contribution in [0.3, 0.4) is 0 Å². The van der Waals surface area contributed by atoms with E-state index in [1.807, 2.05) is 12.1 Å². The van der Waals surface area contributed by atoms with Crippen LogP contribution in [0, 0.1) is 5.82 Å². The number of nitrogens with zero attached hydrogens (tertiary/aromatic N) is 2. The van der Waals surface area contributed by atoms with Crippen molar-refractivity contribution < 1.29 is 18.3 Å². The minimum atomic E-state index is -2.70. The topological polar surface area (TPSA) is 38.7 Å². The molecule has 0 aromatic heterocycles. The summed E-state index contributed by atoms with van der Waals surface area (Å²) < 4.78 is 42.5. The summed E-state index contributed by atoms with van der Waals surface area (Å²) >= 11 is 0. The summed E-state index contributed by atoms with van der Waals surface area (Å²) in [6.45, 7) is 4.97. The molecule has 1 aliphatic heterocycles. The molecule has 0 unspecified atom stereocenters. The molecular weight excluding hydrogens is 522 g/mol. The predicted molar refractivity (Wildman–Crippen MR) is 141 cm³/mol. The maximum absolute atomic E-state index is 14.7. The predicted octanol–water partition coefficient (Wildman–Crippen LogP) is 5.74. The Hall–Kier alpha value is -1.22. The Bertz CT molecular complexity index is 933. The number of aromatic hydroxyl groups is 1. The van der Waals surface area contributed by atoms with Crippen molar-refractivity contribution in [2.24, 2.45) is 0 Å². The number of rotatable bonds is 6. The molecule has 2 aromatic carbocycles. The number of alkyl halides is 2. The van der Waals surface area contributed by atoms with Gasteiger partial charge in [0.1, 0.15) is 11.6 Å². The van der Waals surface area contributed by atoms with E-state index in [4.69, 9.17) is 0 Å². The number of halogens is 6. The van der Waals surface area contributed by atoms with Crippen molar-refractivity contribution in [3.8, 4) is 5.75 Å². The number of phenols is 1. The van der Waals surface area contributed by atoms with E-state index in [1.54, 1.807) is 24.3 Å². The molecule has 2 N–H and O–H groups in total. The number of likely N-dealkylation sites (N-methyl/N-ethyl adjacent to an activating group) is 1. The Kier molecular flexibility index (Phi) is 12.1. The van der Waals surface area contributed by atoms with Gasteiger partial charge < -0.3 is 15.3 Å². The van der Waals surface area contributed by atoms with E-state index in [0.717, 1.165) is 37.3 Å². The molecule has 0 radical (unpaired) electrons. The molecule has 0 spiro atoms. The summed E-state index contributed by atoms with van der Waals surface area (Å²) in [7, 11) is 2.10. The quantitative estimate of drug-likeness (QED) is 0.476. The fraction of sp³-hybridized carbons (Fsp3) is 0.520. The Morgan fingerprint density at radius 2 is 1.54 bits per heavy atom. The van der Waals surface area contributed by atoms with E-state index < -0.39 is 11.5 Å². The molecule has 2 aliphatic rings. The SMILES string of the molecule is CN1CCN(Cc2cc(CNC3(c4ccccc4F)CCC(F)(F)CC3)ccc2O)CC1.Cl.Cl.Cl. The smallest absolute Gasteiger partial charge is 0.248 e. The van der Waals surface area contributed by atoms with Gasteiger partial charge in [0.2, 0.25) is 5.92 Å². The van der Waals surface area contributed by atoms with Crippen LogP contribution >= 0.6 is 37.2 Å². The van der Waals surface area contributed by atoms with Gasteiger partial charge in [-0.1, -0.05) is 24.3 Å². The lowest BCUT2D eigenvalue weighted by Gasteiger charge is -2.41. The van der Waals surface area contributed by atoms with Crippen LogP contribution in [-0.4, -0.2) is 54.1 Å². The summed E-state index contributed by atoms with van der Waals surface area (Å²) in [5.41, 5.74) is 1.42. The van der Waals surface area contributed by atoms with Crippen LogP contribution in [0.2, 0.25) is 0 Å². The molecule has 2 aromatic rings. The molecule has 0 atom stereocenters. The van der Waals surface area contributed by atoms with Crippen LogP contribution in [0.25, 0.3) is 0 Å². The number of piperazine rings is 1. The highest BCUT2D eigenvalue weighted by molar-refractivity contribution is 5.86. The maximum Gasteiger partial charge on any atom is 0.248 e. The van der Waals surface area contributed by atoms with Gasteiger partial charge in [0.25, 0.3) is 0 Å². The molecule has 1 saturated heterocycles. The number of nitrogens with one attached hydrogen (secondary N) is 1. The van der Waals surface area contributed by atoms with Crippen molar-refractivity contribution >= 4 is 37.2 Å². The average molecular weight is 557 g/mol. The summed E-state index contributed by atoms with van der Waals surface area (Å²) in [5.74, 6) is -2.81. The van der Waals surface area contributed by atoms with Crippen molar-refractivity contribution in [2.45, 2.75) is 50.2 Å². The van der Waals surface area contributed by atoms with Crippen LogP contribution in [0.5, 0.6) is 5.75 Å². The zero-order chi connectivity index (χ0) is 22.8. The Balaban J connectivity index is 0.00000204. The monoisotopic (exact) mass is 555 g/mol. The first-order valence-corrected chi connectivity index (χ1v) is 11.4. The molecule has 198 valence electrons. The number of phenolic OH excluding ortho intramolecular Hbond substituents is 1. The molecule has 1 heterocycles. The molecular formula is C25H35Cl3F3N3O. The van der Waals surface area contributed by atoms with Crippen molar-refractivity contribution in [3.63, 3.8) is 0 Å². The van der Waals surface area contributed by atoms with E-state index in [2.05, 4.69) is 22.2 Å². The van der Waals surface area contributed by atoms with Gasteiger partial charge in [-0.15, -0.1) is 37.2 Å². The highest BCUT2D eigenvalue weighted by Crippen LogP contribution is 2.44. The molecule has 10 heteroatoms. The standard InChI is InChI=1S/C25H32F3N3O.3ClH/c1-30-12-14-31(15-13-30)18-20-16-19(6-7-23(20)32)17-29-24(8-10-25(27,28)11-9-24)21-4-2-3-5-22(21)26;;;/h2-7,16,29,32H,8-15,17-18H2,1H3;3*1H. The van der Waals surface area contributed by atoms with Crippen LogP contribution in [-0.2, 0) is 18.6 Å². The molecule has 2 fully saturated rings. The van der Waals surface area contributed by atoms with Crippen LogP contribution in [0.15, 0.2) is 42.5 Å². The van der Waals surface area contributed by atoms with Gasteiger partial charge in [-0.3, -0.25) is 4.90 Å². The van der Waals surface area contributed by atoms with Crippen molar-refractivity contribution in [1.29, 1.82) is 0 Å². The summed E-state index contributed by atoms with van der Waals surface area (Å²) in [4.78, 5) is 4.60. The van der Waals surface area contributed by atoms with E-state index in [1.165, 1.54) is 6.07 Å². The minimum Gasteiger partial charge on any atom is -0.508 e. The van der Waals surface area contributed by atoms with Crippen molar-refractivity contribution in [3.05, 3.63) is 65.0 Å². The fourth-order valence-electron chi connectivity index (χ4n) is 4.83. The van der Waals surface area contributed by atoms with Gasteiger partial charge in [0, 0.05) is 68.8 Å². The summed E-state index contributed by atoms with van der Waals surface area (Å²) in [6, 6.07) is 11.9. The molecule has 0 amide bonds. The van der Waals surface area contributed by atoms with Gasteiger partial charge >= 0.3 is 0 Å². The normalized spacial score (nSPS) is 19.7. The Labute approximate surface area is 224 Å². The molecule has 4 rings (SSSR count). The van der Waals surface area contributed by atoms with Gasteiger partial charge in [-0.05, 0) is 43.7 Å². The van der Waals surface area contributed by atoms with E-state index in [9.17, 15) is 18.3 Å². The van der Waals surface area contributed by atoms with Gasteiger partial charge in [0.15, 0.2) is 0 Å². The lowest BCUT2D eigenvalue weighted by molar-refractivity contribution is -0.0578. The first kappa shape index (κ1) is 31.8. The van der Waals surface area contributed by atoms with E-state index in [-0.39, 0.29) is 74.5 Å². The number of hydrogen-bond donors (Lipinski definition) is 2. The second kappa shape index (κ2) is 13.4. The minimum absolute atomic E-state index is 0. The lowest BCUT2D eigenvalue weighted by Crippen LogP contribution is -2.47. The highest BCUT2D eigenvalue weighted by Gasteiger charge is 2.45. The molecule has 1 saturated carbocycles. The molecule has 0 bridgehead atoms. The third kappa shape index (κ3) is 7.88. The second-order valence-electron chi connectivity index (χ2n) is 9.31. The number of hydrogen-bond acceptors (Lipinski definition) is 4.